The Hall–Kier alpha value is -1.27. The van der Waals surface area contributed by atoms with Gasteiger partial charge >= 0.3 is 0 Å². The molecule has 2 heterocycles. The third-order valence-corrected chi connectivity index (χ3v) is 3.05. The molecule has 0 bridgehead atoms. The van der Waals surface area contributed by atoms with Crippen LogP contribution in [0.25, 0.3) is 10.8 Å². The molecule has 0 aliphatic heterocycles. The molecule has 0 saturated carbocycles. The first-order valence-corrected chi connectivity index (χ1v) is 6.02. The van der Waals surface area contributed by atoms with Gasteiger partial charge in [0, 0.05) is 0 Å². The maximum atomic E-state index is 5.58. The summed E-state index contributed by atoms with van der Waals surface area (Å²) in [5, 5.41) is 12.3. The molecular weight excluding hydrogens is 224 g/mol. The molecule has 1 atom stereocenters. The summed E-state index contributed by atoms with van der Waals surface area (Å²) in [6, 6.07) is 0.0836. The minimum absolute atomic E-state index is 0.0836. The fourth-order valence-electron chi connectivity index (χ4n) is 1.36. The Labute approximate surface area is 97.9 Å². The zero-order chi connectivity index (χ0) is 11.5. The van der Waals surface area contributed by atoms with Crippen molar-refractivity contribution < 1.29 is 4.42 Å². The van der Waals surface area contributed by atoms with Crippen molar-refractivity contribution in [3.8, 4) is 10.8 Å². The fourth-order valence-corrected chi connectivity index (χ4v) is 2.06. The Morgan fingerprint density at radius 1 is 1.50 bits per heavy atom. The molecule has 5 nitrogen and oxygen atoms in total. The number of rotatable bonds is 4. The molecule has 0 aromatic carbocycles. The van der Waals surface area contributed by atoms with E-state index in [0.717, 1.165) is 16.4 Å². The summed E-state index contributed by atoms with van der Waals surface area (Å²) in [6.07, 6.45) is 1.76. The number of thiazole rings is 1. The van der Waals surface area contributed by atoms with Crippen molar-refractivity contribution in [3.05, 3.63) is 17.1 Å². The van der Waals surface area contributed by atoms with Crippen LogP contribution < -0.4 is 5.32 Å². The van der Waals surface area contributed by atoms with Gasteiger partial charge in [-0.2, -0.15) is 0 Å². The van der Waals surface area contributed by atoms with Crippen molar-refractivity contribution in [1.82, 2.24) is 20.5 Å². The van der Waals surface area contributed by atoms with E-state index < -0.39 is 0 Å². The highest BCUT2D eigenvalue weighted by atomic mass is 32.1. The lowest BCUT2D eigenvalue weighted by Gasteiger charge is -2.05. The molecule has 2 rings (SSSR count). The maximum absolute atomic E-state index is 5.58. The lowest BCUT2D eigenvalue weighted by Crippen LogP contribution is -2.17. The van der Waals surface area contributed by atoms with Crippen LogP contribution in [0.3, 0.4) is 0 Å². The topological polar surface area (TPSA) is 63.8 Å². The highest BCUT2D eigenvalue weighted by Gasteiger charge is 2.15. The molecular formula is C10H14N4OS. The maximum Gasteiger partial charge on any atom is 0.259 e. The Morgan fingerprint density at radius 3 is 2.94 bits per heavy atom. The molecule has 0 amide bonds. The largest absolute Gasteiger partial charge is 0.418 e. The normalized spacial score (nSPS) is 12.9. The number of nitrogens with zero attached hydrogens (tertiary/aromatic N) is 3. The summed E-state index contributed by atoms with van der Waals surface area (Å²) >= 11 is 1.55. The smallest absolute Gasteiger partial charge is 0.259 e. The van der Waals surface area contributed by atoms with Crippen molar-refractivity contribution >= 4 is 11.3 Å². The molecule has 0 spiro atoms. The molecule has 2 aromatic heterocycles. The first kappa shape index (κ1) is 11.2. The molecule has 2 aromatic rings. The van der Waals surface area contributed by atoms with Crippen LogP contribution in [0.4, 0.5) is 0 Å². The van der Waals surface area contributed by atoms with E-state index in [2.05, 4.69) is 20.5 Å². The fraction of sp³-hybridized carbons (Fsp3) is 0.500. The first-order valence-electron chi connectivity index (χ1n) is 5.20. The summed E-state index contributed by atoms with van der Waals surface area (Å²) in [6.45, 7) is 6.87. The van der Waals surface area contributed by atoms with Crippen LogP contribution in [0, 0.1) is 6.92 Å². The minimum Gasteiger partial charge on any atom is -0.418 e. The second-order valence-corrected chi connectivity index (χ2v) is 4.70. The lowest BCUT2D eigenvalue weighted by molar-refractivity contribution is 0.429. The number of aryl methyl sites for hydroxylation is 1. The lowest BCUT2D eigenvalue weighted by atomic mass is 10.3. The number of hydrogen-bond donors (Lipinski definition) is 1. The highest BCUT2D eigenvalue weighted by Crippen LogP contribution is 2.25. The predicted molar refractivity (Wildman–Crippen MR) is 62.2 cm³/mol. The van der Waals surface area contributed by atoms with Gasteiger partial charge in [0.05, 0.1) is 17.2 Å². The van der Waals surface area contributed by atoms with Gasteiger partial charge in [-0.05, 0) is 20.4 Å². The summed E-state index contributed by atoms with van der Waals surface area (Å²) in [7, 11) is 0. The summed E-state index contributed by atoms with van der Waals surface area (Å²) in [4.78, 5) is 5.08. The van der Waals surface area contributed by atoms with Gasteiger partial charge in [-0.25, -0.2) is 4.98 Å². The Kier molecular flexibility index (Phi) is 3.31. The van der Waals surface area contributed by atoms with E-state index in [9.17, 15) is 0 Å². The van der Waals surface area contributed by atoms with Crippen LogP contribution in [-0.2, 0) is 0 Å². The highest BCUT2D eigenvalue weighted by molar-refractivity contribution is 7.14. The zero-order valence-electron chi connectivity index (χ0n) is 9.52. The van der Waals surface area contributed by atoms with Gasteiger partial charge in [0.1, 0.15) is 4.88 Å². The number of hydrogen-bond acceptors (Lipinski definition) is 6. The van der Waals surface area contributed by atoms with E-state index in [0.29, 0.717) is 11.8 Å². The van der Waals surface area contributed by atoms with Gasteiger partial charge < -0.3 is 9.73 Å². The van der Waals surface area contributed by atoms with Gasteiger partial charge in [0.15, 0.2) is 0 Å². The first-order chi connectivity index (χ1) is 7.70. The molecule has 0 aliphatic carbocycles. The van der Waals surface area contributed by atoms with Gasteiger partial charge in [0.2, 0.25) is 5.89 Å². The number of aromatic nitrogens is 3. The van der Waals surface area contributed by atoms with Crippen LogP contribution in [0.5, 0.6) is 0 Å². The second-order valence-electron chi connectivity index (χ2n) is 3.47. The van der Waals surface area contributed by atoms with Gasteiger partial charge in [-0.1, -0.05) is 6.92 Å². The van der Waals surface area contributed by atoms with Crippen LogP contribution >= 0.6 is 11.3 Å². The molecule has 1 unspecified atom stereocenters. The van der Waals surface area contributed by atoms with Crippen LogP contribution in [-0.4, -0.2) is 21.7 Å². The average Bonchev–Trinajstić information content (AvgIpc) is 2.85. The third kappa shape index (κ3) is 2.28. The summed E-state index contributed by atoms with van der Waals surface area (Å²) in [5.41, 5.74) is 0. The summed E-state index contributed by atoms with van der Waals surface area (Å²) in [5.74, 6) is 1.16. The van der Waals surface area contributed by atoms with Gasteiger partial charge in [-0.3, -0.25) is 0 Å². The SMILES string of the molecule is CCNC(C)c1nnc(-c2cnc(C)s2)o1. The standard InChI is InChI=1S/C10H14N4OS/c1-4-11-6(2)9-13-14-10(15-9)8-5-12-7(3)16-8/h5-6,11H,4H2,1-3H3. The molecule has 16 heavy (non-hydrogen) atoms. The van der Waals surface area contributed by atoms with Crippen molar-refractivity contribution in [2.75, 3.05) is 6.54 Å². The van der Waals surface area contributed by atoms with Crippen molar-refractivity contribution in [2.24, 2.45) is 0 Å². The van der Waals surface area contributed by atoms with E-state index in [1.54, 1.807) is 17.5 Å². The van der Waals surface area contributed by atoms with Crippen molar-refractivity contribution in [2.45, 2.75) is 26.8 Å². The monoisotopic (exact) mass is 238 g/mol. The average molecular weight is 238 g/mol. The van der Waals surface area contributed by atoms with Crippen LogP contribution in [0.1, 0.15) is 30.8 Å². The molecule has 86 valence electrons. The van der Waals surface area contributed by atoms with E-state index in [1.165, 1.54) is 0 Å². The molecule has 0 radical (unpaired) electrons. The molecule has 6 heteroatoms. The molecule has 1 N–H and O–H groups in total. The van der Waals surface area contributed by atoms with E-state index in [4.69, 9.17) is 4.42 Å². The quantitative estimate of drug-likeness (QED) is 0.884. The van der Waals surface area contributed by atoms with E-state index in [-0.39, 0.29) is 6.04 Å². The second kappa shape index (κ2) is 4.71. The zero-order valence-corrected chi connectivity index (χ0v) is 10.3. The summed E-state index contributed by atoms with van der Waals surface area (Å²) < 4.78 is 5.58. The van der Waals surface area contributed by atoms with Crippen LogP contribution in [0.15, 0.2) is 10.6 Å². The predicted octanol–water partition coefficient (Wildman–Crippen LogP) is 2.17. The van der Waals surface area contributed by atoms with Crippen molar-refractivity contribution in [3.63, 3.8) is 0 Å². The van der Waals surface area contributed by atoms with Gasteiger partial charge in [0.25, 0.3) is 5.89 Å². The minimum atomic E-state index is 0.0836. The third-order valence-electron chi connectivity index (χ3n) is 2.15. The Morgan fingerprint density at radius 2 is 2.31 bits per heavy atom. The van der Waals surface area contributed by atoms with E-state index >= 15 is 0 Å². The van der Waals surface area contributed by atoms with Crippen LogP contribution in [0.2, 0.25) is 0 Å². The Balaban J connectivity index is 2.19. The molecule has 0 aliphatic rings. The Bertz CT molecular complexity index is 465. The molecule has 0 fully saturated rings. The van der Waals surface area contributed by atoms with E-state index in [1.807, 2.05) is 20.8 Å². The van der Waals surface area contributed by atoms with Crippen molar-refractivity contribution in [1.29, 1.82) is 0 Å². The molecule has 0 saturated heterocycles. The van der Waals surface area contributed by atoms with Gasteiger partial charge in [-0.15, -0.1) is 21.5 Å². The number of nitrogens with one attached hydrogen (secondary N) is 1.